The molecule has 1 amide bonds. The molecule has 0 spiro atoms. The molecule has 3 aromatic rings. The maximum atomic E-state index is 13.6. The third kappa shape index (κ3) is 5.16. The molecule has 2 aliphatic carbocycles. The molecule has 40 heavy (non-hydrogen) atoms. The smallest absolute Gasteiger partial charge is 0.410 e. The molecule has 1 aliphatic heterocycles. The van der Waals surface area contributed by atoms with E-state index < -0.39 is 0 Å². The van der Waals surface area contributed by atoms with Gasteiger partial charge < -0.3 is 19.7 Å². The first-order chi connectivity index (χ1) is 19.6. The zero-order valence-electron chi connectivity index (χ0n) is 23.3. The Morgan fingerprint density at radius 3 is 2.70 bits per heavy atom. The summed E-state index contributed by atoms with van der Waals surface area (Å²) in [6.45, 7) is 3.83. The van der Waals surface area contributed by atoms with Crippen molar-refractivity contribution in [2.24, 2.45) is 5.92 Å². The van der Waals surface area contributed by atoms with Crippen LogP contribution < -0.4 is 10.1 Å². The van der Waals surface area contributed by atoms with Crippen LogP contribution in [0, 0.1) is 11.7 Å². The number of rotatable bonds is 8. The van der Waals surface area contributed by atoms with Crippen molar-refractivity contribution in [1.29, 1.82) is 0 Å². The van der Waals surface area contributed by atoms with Crippen LogP contribution in [0.25, 0.3) is 0 Å². The number of hydrogen-bond acceptors (Lipinski definition) is 4. The first-order valence-electron chi connectivity index (χ1n) is 14.9. The van der Waals surface area contributed by atoms with E-state index in [-0.39, 0.29) is 23.4 Å². The Balaban J connectivity index is 1.32. The molecule has 1 heterocycles. The zero-order valence-corrected chi connectivity index (χ0v) is 23.3. The van der Waals surface area contributed by atoms with Crippen molar-refractivity contribution in [3.63, 3.8) is 0 Å². The Labute approximate surface area is 236 Å². The Morgan fingerprint density at radius 2 is 1.90 bits per heavy atom. The molecule has 3 aromatic carbocycles. The summed E-state index contributed by atoms with van der Waals surface area (Å²) in [7, 11) is 0. The number of anilines is 2. The second kappa shape index (κ2) is 11.5. The van der Waals surface area contributed by atoms with Crippen LogP contribution in [0.4, 0.5) is 20.6 Å². The molecule has 1 saturated carbocycles. The topological polar surface area (TPSA) is 50.8 Å². The number of nitrogens with one attached hydrogen (secondary N) is 1. The summed E-state index contributed by atoms with van der Waals surface area (Å²) in [4.78, 5) is 15.4. The Kier molecular flexibility index (Phi) is 7.68. The molecule has 0 unspecified atom stereocenters. The summed E-state index contributed by atoms with van der Waals surface area (Å²) in [5.41, 5.74) is 5.45. The lowest BCUT2D eigenvalue weighted by Gasteiger charge is -2.58. The molecule has 0 aromatic heterocycles. The van der Waals surface area contributed by atoms with Gasteiger partial charge in [-0.05, 0) is 91.1 Å². The average molecular weight is 543 g/mol. The van der Waals surface area contributed by atoms with E-state index in [1.807, 2.05) is 35.2 Å². The normalized spacial score (nSPS) is 23.1. The molecule has 6 heteroatoms. The fourth-order valence-corrected chi connectivity index (χ4v) is 7.31. The monoisotopic (exact) mass is 542 g/mol. The number of benzene rings is 3. The van der Waals surface area contributed by atoms with Crippen molar-refractivity contribution in [3.8, 4) is 5.75 Å². The van der Waals surface area contributed by atoms with Gasteiger partial charge in [0.1, 0.15) is 18.2 Å². The van der Waals surface area contributed by atoms with E-state index in [9.17, 15) is 9.18 Å². The van der Waals surface area contributed by atoms with Gasteiger partial charge in [0.25, 0.3) is 0 Å². The number of piperidine rings is 1. The van der Waals surface area contributed by atoms with Crippen molar-refractivity contribution < 1.29 is 18.7 Å². The molecule has 2 bridgehead atoms. The van der Waals surface area contributed by atoms with Crippen LogP contribution >= 0.6 is 0 Å². The predicted molar refractivity (Wildman–Crippen MR) is 156 cm³/mol. The Bertz CT molecular complexity index is 1330. The minimum Gasteiger partial charge on any atom is -0.491 e. The molecule has 1 N–H and O–H groups in total. The van der Waals surface area contributed by atoms with Crippen LogP contribution in [0.2, 0.25) is 0 Å². The molecule has 0 radical (unpaired) electrons. The maximum absolute atomic E-state index is 13.6. The number of hydrogen-bond donors (Lipinski definition) is 1. The van der Waals surface area contributed by atoms with Gasteiger partial charge in [0.15, 0.2) is 0 Å². The SMILES string of the molecule is CCCCOc1cc2c(cc1Nc1ccc(F)cc1)C[C@H]1[C@H]3CCCC[C@@]23CCN1C(=O)OCc1ccccc1. The summed E-state index contributed by atoms with van der Waals surface area (Å²) in [6.07, 6.45) is 8.29. The molecule has 2 fully saturated rings. The third-order valence-corrected chi connectivity index (χ3v) is 9.25. The molecule has 6 rings (SSSR count). The predicted octanol–water partition coefficient (Wildman–Crippen LogP) is 8.14. The highest BCUT2D eigenvalue weighted by molar-refractivity contribution is 5.71. The van der Waals surface area contributed by atoms with E-state index in [1.54, 1.807) is 12.1 Å². The number of nitrogens with zero attached hydrogens (tertiary/aromatic N) is 1. The number of ether oxygens (including phenoxy) is 2. The molecule has 3 aliphatic rings. The largest absolute Gasteiger partial charge is 0.491 e. The van der Waals surface area contributed by atoms with E-state index >= 15 is 0 Å². The lowest BCUT2D eigenvalue weighted by molar-refractivity contribution is -0.0137. The van der Waals surface area contributed by atoms with E-state index in [0.717, 1.165) is 67.8 Å². The lowest BCUT2D eigenvalue weighted by Crippen LogP contribution is -2.62. The van der Waals surface area contributed by atoms with Crippen molar-refractivity contribution in [1.82, 2.24) is 4.90 Å². The third-order valence-electron chi connectivity index (χ3n) is 9.25. The summed E-state index contributed by atoms with van der Waals surface area (Å²) in [5.74, 6) is 1.02. The molecule has 210 valence electrons. The Hall–Kier alpha value is -3.54. The number of halogens is 1. The van der Waals surface area contributed by atoms with Gasteiger partial charge >= 0.3 is 6.09 Å². The van der Waals surface area contributed by atoms with E-state index in [2.05, 4.69) is 24.4 Å². The quantitative estimate of drug-likeness (QED) is 0.292. The number of fused-ring (bicyclic) bond motifs is 1. The van der Waals surface area contributed by atoms with Crippen LogP contribution in [0.3, 0.4) is 0 Å². The van der Waals surface area contributed by atoms with E-state index in [4.69, 9.17) is 9.47 Å². The fourth-order valence-electron chi connectivity index (χ4n) is 7.31. The first-order valence-corrected chi connectivity index (χ1v) is 14.9. The standard InChI is InChI=1S/C34H39FN2O3/c1-2-3-19-39-32-22-29-25(20-30(32)36-27-14-12-26(35)13-15-27)21-31-28-11-7-8-16-34(28,29)17-18-37(31)33(38)40-23-24-9-5-4-6-10-24/h4-6,9-10,12-15,20,22,28,31,36H,2-3,7-8,11,16-19,21,23H2,1H3/t28-,31+,34+/m1/s1. The van der Waals surface area contributed by atoms with Crippen molar-refractivity contribution in [2.75, 3.05) is 18.5 Å². The highest BCUT2D eigenvalue weighted by Gasteiger charge is 2.55. The van der Waals surface area contributed by atoms with E-state index in [1.165, 1.54) is 36.1 Å². The first kappa shape index (κ1) is 26.7. The van der Waals surface area contributed by atoms with Gasteiger partial charge in [0.2, 0.25) is 0 Å². The fraction of sp³-hybridized carbons (Fsp3) is 0.441. The van der Waals surface area contributed by atoms with Crippen LogP contribution in [-0.2, 0) is 23.2 Å². The van der Waals surface area contributed by atoms with E-state index in [0.29, 0.717) is 19.1 Å². The number of carbonyl (C=O) groups excluding carboxylic acids is 1. The highest BCUT2D eigenvalue weighted by Crippen LogP contribution is 2.57. The molecule has 5 nitrogen and oxygen atoms in total. The Morgan fingerprint density at radius 1 is 1.07 bits per heavy atom. The highest BCUT2D eigenvalue weighted by atomic mass is 19.1. The minimum absolute atomic E-state index is 0.0595. The molecule has 3 atom stereocenters. The van der Waals surface area contributed by atoms with Crippen LogP contribution in [0.1, 0.15) is 68.6 Å². The molecular weight excluding hydrogens is 503 g/mol. The second-order valence-corrected chi connectivity index (χ2v) is 11.6. The number of unbranched alkanes of at least 4 members (excludes halogenated alkanes) is 1. The lowest BCUT2D eigenvalue weighted by atomic mass is 9.52. The van der Waals surface area contributed by atoms with Crippen molar-refractivity contribution in [2.45, 2.75) is 76.4 Å². The van der Waals surface area contributed by atoms with Crippen LogP contribution in [0.5, 0.6) is 5.75 Å². The van der Waals surface area contributed by atoms with Gasteiger partial charge in [0, 0.05) is 23.7 Å². The molecular formula is C34H39FN2O3. The van der Waals surface area contributed by atoms with Gasteiger partial charge in [-0.25, -0.2) is 9.18 Å². The maximum Gasteiger partial charge on any atom is 0.410 e. The number of carbonyl (C=O) groups is 1. The van der Waals surface area contributed by atoms with Gasteiger partial charge in [-0.2, -0.15) is 0 Å². The van der Waals surface area contributed by atoms with Crippen molar-refractivity contribution >= 4 is 17.5 Å². The van der Waals surface area contributed by atoms with Gasteiger partial charge in [-0.3, -0.25) is 0 Å². The average Bonchev–Trinajstić information content (AvgIpc) is 2.98. The van der Waals surface area contributed by atoms with Gasteiger partial charge in [-0.15, -0.1) is 0 Å². The summed E-state index contributed by atoms with van der Waals surface area (Å²) < 4.78 is 25.8. The number of likely N-dealkylation sites (tertiary alicyclic amines) is 1. The van der Waals surface area contributed by atoms with Gasteiger partial charge in [-0.1, -0.05) is 56.5 Å². The van der Waals surface area contributed by atoms with Crippen molar-refractivity contribution in [3.05, 3.63) is 89.2 Å². The summed E-state index contributed by atoms with van der Waals surface area (Å²) in [5, 5.41) is 3.49. The zero-order chi connectivity index (χ0) is 27.5. The minimum atomic E-state index is -0.259. The van der Waals surface area contributed by atoms with Gasteiger partial charge in [0.05, 0.1) is 12.3 Å². The molecule has 1 saturated heterocycles. The second-order valence-electron chi connectivity index (χ2n) is 11.6. The summed E-state index contributed by atoms with van der Waals surface area (Å²) >= 11 is 0. The van der Waals surface area contributed by atoms with Crippen LogP contribution in [-0.4, -0.2) is 30.2 Å². The number of amides is 1. The summed E-state index contributed by atoms with van der Waals surface area (Å²) in [6, 6.07) is 20.9. The van der Waals surface area contributed by atoms with Crippen LogP contribution in [0.15, 0.2) is 66.7 Å².